The Morgan fingerprint density at radius 1 is 1.24 bits per heavy atom. The molecule has 5 rings (SSSR count). The second-order valence-electron chi connectivity index (χ2n) is 9.56. The van der Waals surface area contributed by atoms with E-state index < -0.39 is 23.3 Å². The number of aliphatic hydroxyl groups excluding tert-OH is 1. The van der Waals surface area contributed by atoms with Crippen LogP contribution < -0.4 is 5.32 Å². The Morgan fingerprint density at radius 3 is 2.76 bits per heavy atom. The lowest BCUT2D eigenvalue weighted by atomic mass is 9.93. The summed E-state index contributed by atoms with van der Waals surface area (Å²) < 4.78 is 43.3. The first-order valence-electron chi connectivity index (χ1n) is 11.6. The number of anilines is 1. The van der Waals surface area contributed by atoms with Crippen LogP contribution in [0.1, 0.15) is 51.0 Å². The Bertz CT molecular complexity index is 1250. The number of methoxy groups -OCH3 is 1. The van der Waals surface area contributed by atoms with Gasteiger partial charge in [0.1, 0.15) is 22.6 Å². The van der Waals surface area contributed by atoms with Crippen LogP contribution in [0.3, 0.4) is 0 Å². The normalized spacial score (nSPS) is 22.9. The lowest BCUT2D eigenvalue weighted by Crippen LogP contribution is -2.42. The number of aromatic nitrogens is 4. The first-order chi connectivity index (χ1) is 16.2. The van der Waals surface area contributed by atoms with E-state index in [0.29, 0.717) is 36.4 Å². The Hall–Kier alpha value is -2.69. The predicted octanol–water partition coefficient (Wildman–Crippen LogP) is 3.72. The van der Waals surface area contributed by atoms with Crippen molar-refractivity contribution < 1.29 is 23.4 Å². The fourth-order valence-electron chi connectivity index (χ4n) is 4.87. The standard InChI is InChI=1S/C24H29F2N5O3/c1-12-5-6-13-14(9-15(25)20-21(13)31(12)22(29-20)24(2,3)33-4)19-16(26)10-27-23(30-19)28-17-7-8-34-11-18(17)32/h9-10,12,17-18,32H,5-8,11H2,1-4H3,(H,27,28,30)/t12-,17-,18-/m1/s1. The third-order valence-electron chi connectivity index (χ3n) is 6.96. The number of aliphatic hydroxyl groups is 1. The number of imidazole rings is 1. The fourth-order valence-corrected chi connectivity index (χ4v) is 4.87. The van der Waals surface area contributed by atoms with Crippen LogP contribution in [-0.2, 0) is 21.5 Å². The second-order valence-corrected chi connectivity index (χ2v) is 9.56. The number of nitrogens with one attached hydrogen (secondary N) is 1. The van der Waals surface area contributed by atoms with Crippen LogP contribution in [-0.4, -0.2) is 57.1 Å². The molecule has 0 amide bonds. The van der Waals surface area contributed by atoms with Crippen LogP contribution >= 0.6 is 0 Å². The van der Waals surface area contributed by atoms with Crippen molar-refractivity contribution in [2.75, 3.05) is 25.6 Å². The van der Waals surface area contributed by atoms with Crippen molar-refractivity contribution in [3.63, 3.8) is 0 Å². The summed E-state index contributed by atoms with van der Waals surface area (Å²) in [5, 5.41) is 13.2. The van der Waals surface area contributed by atoms with Gasteiger partial charge >= 0.3 is 0 Å². The summed E-state index contributed by atoms with van der Waals surface area (Å²) in [5.74, 6) is -0.375. The number of aryl methyl sites for hydroxylation is 1. The van der Waals surface area contributed by atoms with Crippen LogP contribution in [0.2, 0.25) is 0 Å². The first kappa shape index (κ1) is 23.1. The Morgan fingerprint density at radius 2 is 2.03 bits per heavy atom. The molecular formula is C24H29F2N5O3. The number of benzene rings is 1. The number of hydrogen-bond acceptors (Lipinski definition) is 7. The molecule has 2 aromatic heterocycles. The summed E-state index contributed by atoms with van der Waals surface area (Å²) in [6.07, 6.45) is 2.34. The molecule has 1 saturated heterocycles. The van der Waals surface area contributed by atoms with Crippen molar-refractivity contribution in [3.05, 3.63) is 35.3 Å². The van der Waals surface area contributed by atoms with E-state index >= 15 is 8.78 Å². The van der Waals surface area contributed by atoms with E-state index in [1.807, 2.05) is 18.4 Å². The summed E-state index contributed by atoms with van der Waals surface area (Å²) in [6, 6.07) is 1.08. The average Bonchev–Trinajstić information content (AvgIpc) is 3.24. The summed E-state index contributed by atoms with van der Waals surface area (Å²) in [6.45, 7) is 6.56. The van der Waals surface area contributed by atoms with Crippen molar-refractivity contribution in [1.29, 1.82) is 0 Å². The zero-order chi connectivity index (χ0) is 24.2. The van der Waals surface area contributed by atoms with Gasteiger partial charge in [0.05, 0.1) is 30.5 Å². The van der Waals surface area contributed by atoms with E-state index in [0.717, 1.165) is 18.2 Å². The highest BCUT2D eigenvalue weighted by Gasteiger charge is 2.35. The molecule has 2 N–H and O–H groups in total. The molecule has 0 spiro atoms. The molecule has 1 aromatic carbocycles. The summed E-state index contributed by atoms with van der Waals surface area (Å²) in [7, 11) is 1.60. The molecule has 4 heterocycles. The monoisotopic (exact) mass is 473 g/mol. The van der Waals surface area contributed by atoms with Crippen molar-refractivity contribution in [1.82, 2.24) is 19.5 Å². The van der Waals surface area contributed by atoms with Gasteiger partial charge in [-0.15, -0.1) is 0 Å². The molecule has 0 bridgehead atoms. The van der Waals surface area contributed by atoms with Crippen LogP contribution in [0.15, 0.2) is 12.3 Å². The van der Waals surface area contributed by atoms with E-state index in [2.05, 4.69) is 27.2 Å². The third-order valence-corrected chi connectivity index (χ3v) is 6.96. The fraction of sp³-hybridized carbons (Fsp3) is 0.542. The van der Waals surface area contributed by atoms with Gasteiger partial charge in [0.15, 0.2) is 11.6 Å². The highest BCUT2D eigenvalue weighted by Crippen LogP contribution is 2.42. The van der Waals surface area contributed by atoms with Crippen molar-refractivity contribution in [2.45, 2.75) is 63.8 Å². The van der Waals surface area contributed by atoms with E-state index in [-0.39, 0.29) is 35.8 Å². The predicted molar refractivity (Wildman–Crippen MR) is 123 cm³/mol. The minimum Gasteiger partial charge on any atom is -0.389 e. The Labute approximate surface area is 196 Å². The zero-order valence-electron chi connectivity index (χ0n) is 19.7. The van der Waals surface area contributed by atoms with Gasteiger partial charge in [0, 0.05) is 25.3 Å². The molecule has 0 aliphatic carbocycles. The second kappa shape index (κ2) is 8.51. The lowest BCUT2D eigenvalue weighted by Gasteiger charge is -2.30. The van der Waals surface area contributed by atoms with E-state index in [1.165, 1.54) is 6.07 Å². The average molecular weight is 474 g/mol. The highest BCUT2D eigenvalue weighted by atomic mass is 19.1. The number of halogens is 2. The smallest absolute Gasteiger partial charge is 0.223 e. The summed E-state index contributed by atoms with van der Waals surface area (Å²) in [5.41, 5.74) is 1.38. The molecule has 2 aliphatic heterocycles. The van der Waals surface area contributed by atoms with Crippen LogP contribution in [0, 0.1) is 11.6 Å². The molecule has 2 aliphatic rings. The van der Waals surface area contributed by atoms with Gasteiger partial charge in [-0.25, -0.2) is 23.7 Å². The number of hydrogen-bond donors (Lipinski definition) is 2. The van der Waals surface area contributed by atoms with Crippen LogP contribution in [0.4, 0.5) is 14.7 Å². The lowest BCUT2D eigenvalue weighted by molar-refractivity contribution is -0.0136. The van der Waals surface area contributed by atoms with Gasteiger partial charge < -0.3 is 24.5 Å². The molecule has 8 nitrogen and oxygen atoms in total. The van der Waals surface area contributed by atoms with Gasteiger partial charge in [0.25, 0.3) is 0 Å². The zero-order valence-corrected chi connectivity index (χ0v) is 19.7. The molecule has 10 heteroatoms. The highest BCUT2D eigenvalue weighted by molar-refractivity contribution is 5.88. The maximum Gasteiger partial charge on any atom is 0.223 e. The molecule has 3 aromatic rings. The minimum absolute atomic E-state index is 0.0182. The van der Waals surface area contributed by atoms with Gasteiger partial charge in [-0.3, -0.25) is 0 Å². The van der Waals surface area contributed by atoms with Gasteiger partial charge in [-0.2, -0.15) is 0 Å². The molecule has 0 saturated carbocycles. The molecule has 0 radical (unpaired) electrons. The molecule has 0 unspecified atom stereocenters. The van der Waals surface area contributed by atoms with E-state index in [4.69, 9.17) is 9.47 Å². The number of nitrogens with zero attached hydrogens (tertiary/aromatic N) is 4. The van der Waals surface area contributed by atoms with Gasteiger partial charge in [-0.05, 0) is 51.7 Å². The maximum atomic E-state index is 15.4. The van der Waals surface area contributed by atoms with Gasteiger partial charge in [-0.1, -0.05) is 0 Å². The first-order valence-corrected chi connectivity index (χ1v) is 11.6. The molecule has 1 fully saturated rings. The van der Waals surface area contributed by atoms with E-state index in [1.54, 1.807) is 7.11 Å². The Kier molecular flexibility index (Phi) is 5.78. The number of rotatable bonds is 5. The maximum absolute atomic E-state index is 15.4. The quantitative estimate of drug-likeness (QED) is 0.583. The van der Waals surface area contributed by atoms with Crippen LogP contribution in [0.25, 0.3) is 22.3 Å². The van der Waals surface area contributed by atoms with Crippen molar-refractivity contribution in [2.24, 2.45) is 0 Å². The van der Waals surface area contributed by atoms with Gasteiger partial charge in [0.2, 0.25) is 5.95 Å². The Balaban J connectivity index is 1.66. The third kappa shape index (κ3) is 3.73. The van der Waals surface area contributed by atoms with Crippen molar-refractivity contribution in [3.8, 4) is 11.3 Å². The number of ether oxygens (including phenoxy) is 2. The largest absolute Gasteiger partial charge is 0.389 e. The molecular weight excluding hydrogens is 444 g/mol. The summed E-state index contributed by atoms with van der Waals surface area (Å²) >= 11 is 0. The molecule has 3 atom stereocenters. The molecule has 182 valence electrons. The molecule has 34 heavy (non-hydrogen) atoms. The SMILES string of the molecule is COC(C)(C)c1nc2c(F)cc(-c3nc(N[C@@H]4CCOC[C@H]4O)ncc3F)c3c2n1[C@H](C)CC3. The topological polar surface area (TPSA) is 94.3 Å². The van der Waals surface area contributed by atoms with Crippen LogP contribution in [0.5, 0.6) is 0 Å². The van der Waals surface area contributed by atoms with Crippen molar-refractivity contribution >= 4 is 17.0 Å². The summed E-state index contributed by atoms with van der Waals surface area (Å²) in [4.78, 5) is 13.1. The van der Waals surface area contributed by atoms with E-state index in [9.17, 15) is 5.11 Å². The minimum atomic E-state index is -0.726.